The van der Waals surface area contributed by atoms with E-state index in [2.05, 4.69) is 21.2 Å². The summed E-state index contributed by atoms with van der Waals surface area (Å²) in [6, 6.07) is 15.9. The molecule has 2 aromatic rings. The molecule has 3 rings (SSSR count). The zero-order valence-corrected chi connectivity index (χ0v) is 12.6. The molecule has 1 aliphatic rings. The number of hydrogen-bond acceptors (Lipinski definition) is 4. The third-order valence-corrected chi connectivity index (χ3v) is 4.90. The van der Waals surface area contributed by atoms with Crippen molar-refractivity contribution in [2.45, 2.75) is 12.2 Å². The topological polar surface area (TPSA) is 46.6 Å². The summed E-state index contributed by atoms with van der Waals surface area (Å²) >= 11 is 0. The van der Waals surface area contributed by atoms with Crippen molar-refractivity contribution in [3.63, 3.8) is 0 Å². The van der Waals surface area contributed by atoms with Crippen LogP contribution in [0.25, 0.3) is 0 Å². The highest BCUT2D eigenvalue weighted by Gasteiger charge is 2.20. The van der Waals surface area contributed by atoms with E-state index in [9.17, 15) is 8.42 Å². The highest BCUT2D eigenvalue weighted by atomic mass is 32.2. The fraction of sp³-hybridized carbons (Fsp3) is 0.250. The van der Waals surface area contributed by atoms with Crippen molar-refractivity contribution in [1.82, 2.24) is 0 Å². The summed E-state index contributed by atoms with van der Waals surface area (Å²) in [5.41, 5.74) is 4.28. The second-order valence-electron chi connectivity index (χ2n) is 5.07. The Bertz CT molecular complexity index is 756. The van der Waals surface area contributed by atoms with Gasteiger partial charge in [0.05, 0.1) is 7.11 Å². The first-order chi connectivity index (χ1) is 10.1. The highest BCUT2D eigenvalue weighted by Crippen LogP contribution is 2.34. The van der Waals surface area contributed by atoms with Crippen LogP contribution >= 0.6 is 0 Å². The molecular weight excluding hydrogens is 286 g/mol. The summed E-state index contributed by atoms with van der Waals surface area (Å²) in [7, 11) is -2.30. The Morgan fingerprint density at radius 1 is 1.14 bits per heavy atom. The van der Waals surface area contributed by atoms with Gasteiger partial charge in [0.15, 0.2) is 0 Å². The molecule has 1 heterocycles. The lowest BCUT2D eigenvalue weighted by molar-refractivity contribution is 0.397. The second-order valence-corrected chi connectivity index (χ2v) is 6.81. The Morgan fingerprint density at radius 2 is 1.95 bits per heavy atom. The fourth-order valence-corrected chi connectivity index (χ4v) is 3.39. The Morgan fingerprint density at radius 3 is 2.76 bits per heavy atom. The Hall–Kier alpha value is -1.85. The minimum absolute atomic E-state index is 0.104. The van der Waals surface area contributed by atoms with Crippen molar-refractivity contribution in [2.75, 3.05) is 18.6 Å². The lowest BCUT2D eigenvalue weighted by Gasteiger charge is -2.20. The van der Waals surface area contributed by atoms with Crippen LogP contribution in [-0.2, 0) is 26.5 Å². The van der Waals surface area contributed by atoms with Crippen molar-refractivity contribution in [2.24, 2.45) is 0 Å². The van der Waals surface area contributed by atoms with Gasteiger partial charge in [-0.2, -0.15) is 8.42 Å². The molecule has 4 nitrogen and oxygen atoms in total. The van der Waals surface area contributed by atoms with E-state index >= 15 is 0 Å². The van der Waals surface area contributed by atoms with E-state index in [0.29, 0.717) is 0 Å². The van der Waals surface area contributed by atoms with Crippen LogP contribution in [0.2, 0.25) is 0 Å². The van der Waals surface area contributed by atoms with Crippen LogP contribution in [0, 0.1) is 0 Å². The monoisotopic (exact) mass is 303 g/mol. The smallest absolute Gasteiger partial charge is 0.271 e. The van der Waals surface area contributed by atoms with Crippen LogP contribution in [0.4, 0.5) is 11.4 Å². The van der Waals surface area contributed by atoms with Gasteiger partial charge in [0.1, 0.15) is 5.75 Å². The normalized spacial score (nSPS) is 14.2. The largest absolute Gasteiger partial charge is 0.341 e. The summed E-state index contributed by atoms with van der Waals surface area (Å²) in [6.45, 7) is 0.916. The number of fused-ring (bicyclic) bond motifs is 1. The zero-order chi connectivity index (χ0) is 14.9. The number of rotatable bonds is 4. The van der Waals surface area contributed by atoms with Crippen molar-refractivity contribution in [1.29, 1.82) is 0 Å². The standard InChI is InChI=1S/C16H17NO3S/c1-20-21(18,19)12-13-5-4-7-15(11-13)17-10-9-14-6-2-3-8-16(14)17/h2-8,11H,9-10,12H2,1H3. The molecule has 0 saturated heterocycles. The van der Waals surface area contributed by atoms with Gasteiger partial charge in [0, 0.05) is 17.9 Å². The third kappa shape index (κ3) is 2.94. The Kier molecular flexibility index (Phi) is 3.69. The van der Waals surface area contributed by atoms with Crippen LogP contribution in [0.15, 0.2) is 48.5 Å². The third-order valence-electron chi connectivity index (χ3n) is 3.71. The molecule has 0 aromatic heterocycles. The molecule has 0 amide bonds. The van der Waals surface area contributed by atoms with E-state index < -0.39 is 10.1 Å². The summed E-state index contributed by atoms with van der Waals surface area (Å²) in [5.74, 6) is -0.104. The minimum atomic E-state index is -3.49. The second kappa shape index (κ2) is 5.50. The maximum Gasteiger partial charge on any atom is 0.271 e. The van der Waals surface area contributed by atoms with Crippen LogP contribution in [-0.4, -0.2) is 22.1 Å². The quantitative estimate of drug-likeness (QED) is 0.815. The van der Waals surface area contributed by atoms with Gasteiger partial charge >= 0.3 is 0 Å². The van der Waals surface area contributed by atoms with Crippen LogP contribution in [0.3, 0.4) is 0 Å². The fourth-order valence-electron chi connectivity index (χ4n) is 2.68. The van der Waals surface area contributed by atoms with Gasteiger partial charge in [-0.15, -0.1) is 0 Å². The molecule has 2 aromatic carbocycles. The summed E-state index contributed by atoms with van der Waals surface area (Å²) in [4.78, 5) is 2.22. The Labute approximate surface area is 125 Å². The molecule has 0 atom stereocenters. The Balaban J connectivity index is 1.91. The molecule has 5 heteroatoms. The SMILES string of the molecule is COS(=O)(=O)Cc1cccc(N2CCc3ccccc32)c1. The van der Waals surface area contributed by atoms with E-state index in [1.807, 2.05) is 36.4 Å². The predicted octanol–water partition coefficient (Wildman–Crippen LogP) is 2.86. The molecule has 21 heavy (non-hydrogen) atoms. The average molecular weight is 303 g/mol. The maximum absolute atomic E-state index is 11.6. The van der Waals surface area contributed by atoms with Crippen molar-refractivity contribution in [3.05, 3.63) is 59.7 Å². The number of nitrogens with zero attached hydrogens (tertiary/aromatic N) is 1. The van der Waals surface area contributed by atoms with Gasteiger partial charge < -0.3 is 4.90 Å². The number of hydrogen-bond donors (Lipinski definition) is 0. The van der Waals surface area contributed by atoms with E-state index in [-0.39, 0.29) is 5.75 Å². The average Bonchev–Trinajstić information content (AvgIpc) is 2.91. The summed E-state index contributed by atoms with van der Waals surface area (Å²) in [6.07, 6.45) is 1.01. The minimum Gasteiger partial charge on any atom is -0.341 e. The molecule has 0 spiro atoms. The summed E-state index contributed by atoms with van der Waals surface area (Å²) in [5, 5.41) is 0. The zero-order valence-electron chi connectivity index (χ0n) is 11.8. The molecule has 0 saturated carbocycles. The van der Waals surface area contributed by atoms with Gasteiger partial charge in [-0.25, -0.2) is 0 Å². The predicted molar refractivity (Wildman–Crippen MR) is 83.2 cm³/mol. The number of para-hydroxylation sites is 1. The molecule has 110 valence electrons. The van der Waals surface area contributed by atoms with Crippen molar-refractivity contribution < 1.29 is 12.6 Å². The van der Waals surface area contributed by atoms with E-state index in [1.165, 1.54) is 18.4 Å². The lowest BCUT2D eigenvalue weighted by atomic mass is 10.1. The lowest BCUT2D eigenvalue weighted by Crippen LogP contribution is -2.14. The summed E-state index contributed by atoms with van der Waals surface area (Å²) < 4.78 is 27.6. The van der Waals surface area contributed by atoms with Crippen molar-refractivity contribution in [3.8, 4) is 0 Å². The molecule has 1 aliphatic heterocycles. The maximum atomic E-state index is 11.6. The molecule has 0 unspecified atom stereocenters. The molecule has 0 bridgehead atoms. The molecule has 0 radical (unpaired) electrons. The first-order valence-electron chi connectivity index (χ1n) is 6.82. The van der Waals surface area contributed by atoms with E-state index in [1.54, 1.807) is 0 Å². The highest BCUT2D eigenvalue weighted by molar-refractivity contribution is 7.85. The van der Waals surface area contributed by atoms with Crippen LogP contribution < -0.4 is 4.90 Å². The first-order valence-corrected chi connectivity index (χ1v) is 8.39. The number of benzene rings is 2. The molecule has 0 fully saturated rings. The van der Waals surface area contributed by atoms with Gasteiger partial charge in [0.2, 0.25) is 0 Å². The first kappa shape index (κ1) is 14.1. The van der Waals surface area contributed by atoms with Gasteiger partial charge in [-0.3, -0.25) is 4.18 Å². The van der Waals surface area contributed by atoms with Gasteiger partial charge in [0.25, 0.3) is 10.1 Å². The van der Waals surface area contributed by atoms with E-state index in [4.69, 9.17) is 0 Å². The molecular formula is C16H17NO3S. The van der Waals surface area contributed by atoms with Gasteiger partial charge in [-0.1, -0.05) is 30.3 Å². The van der Waals surface area contributed by atoms with Crippen LogP contribution in [0.5, 0.6) is 0 Å². The van der Waals surface area contributed by atoms with E-state index in [0.717, 1.165) is 24.2 Å². The van der Waals surface area contributed by atoms with Crippen molar-refractivity contribution >= 4 is 21.5 Å². The number of anilines is 2. The van der Waals surface area contributed by atoms with Crippen LogP contribution in [0.1, 0.15) is 11.1 Å². The molecule has 0 N–H and O–H groups in total. The van der Waals surface area contributed by atoms with Gasteiger partial charge in [-0.05, 0) is 35.7 Å². The molecule has 0 aliphatic carbocycles.